The molecular formula is C12H17BrN2O2. The van der Waals surface area contributed by atoms with Gasteiger partial charge in [0, 0.05) is 12.1 Å². The van der Waals surface area contributed by atoms with Crippen LogP contribution in [0.4, 0.5) is 5.69 Å². The van der Waals surface area contributed by atoms with E-state index < -0.39 is 0 Å². The number of hydrogen-bond acceptors (Lipinski definition) is 3. The van der Waals surface area contributed by atoms with Gasteiger partial charge >= 0.3 is 0 Å². The van der Waals surface area contributed by atoms with Crippen LogP contribution in [0.1, 0.15) is 13.3 Å². The van der Waals surface area contributed by atoms with Crippen LogP contribution in [0, 0.1) is 5.92 Å². The average molecular weight is 301 g/mol. The average Bonchev–Trinajstić information content (AvgIpc) is 2.29. The molecule has 0 aliphatic rings. The third-order valence-electron chi connectivity index (χ3n) is 2.37. The first-order valence-corrected chi connectivity index (χ1v) is 6.19. The van der Waals surface area contributed by atoms with E-state index in [1.807, 2.05) is 13.0 Å². The fourth-order valence-electron chi connectivity index (χ4n) is 1.36. The first kappa shape index (κ1) is 14.0. The number of benzene rings is 1. The SMILES string of the molecule is COc1ccc(NC(=O)CC(C)CN)cc1Br. The zero-order chi connectivity index (χ0) is 12.8. The lowest BCUT2D eigenvalue weighted by Crippen LogP contribution is -2.20. The monoisotopic (exact) mass is 300 g/mol. The normalized spacial score (nSPS) is 12.0. The Kier molecular flexibility index (Phi) is 5.44. The van der Waals surface area contributed by atoms with Crippen LogP contribution in [0.25, 0.3) is 0 Å². The fourth-order valence-corrected chi connectivity index (χ4v) is 1.90. The maximum atomic E-state index is 11.6. The fraction of sp³-hybridized carbons (Fsp3) is 0.417. The first-order valence-electron chi connectivity index (χ1n) is 5.40. The van der Waals surface area contributed by atoms with E-state index >= 15 is 0 Å². The molecular weight excluding hydrogens is 284 g/mol. The van der Waals surface area contributed by atoms with Crippen molar-refractivity contribution in [2.75, 3.05) is 19.0 Å². The highest BCUT2D eigenvalue weighted by atomic mass is 79.9. The highest BCUT2D eigenvalue weighted by Gasteiger charge is 2.08. The number of nitrogens with two attached hydrogens (primary N) is 1. The second kappa shape index (κ2) is 6.61. The molecule has 5 heteroatoms. The second-order valence-electron chi connectivity index (χ2n) is 3.94. The van der Waals surface area contributed by atoms with Gasteiger partial charge in [-0.15, -0.1) is 0 Å². The Hall–Kier alpha value is -1.07. The summed E-state index contributed by atoms with van der Waals surface area (Å²) in [7, 11) is 1.60. The number of amides is 1. The Morgan fingerprint density at radius 3 is 2.82 bits per heavy atom. The number of nitrogens with one attached hydrogen (secondary N) is 1. The highest BCUT2D eigenvalue weighted by Crippen LogP contribution is 2.27. The van der Waals surface area contributed by atoms with Crippen molar-refractivity contribution in [3.63, 3.8) is 0 Å². The zero-order valence-electron chi connectivity index (χ0n) is 10.00. The first-order chi connectivity index (χ1) is 8.06. The zero-order valence-corrected chi connectivity index (χ0v) is 11.6. The smallest absolute Gasteiger partial charge is 0.224 e. The number of anilines is 1. The van der Waals surface area contributed by atoms with Crippen molar-refractivity contribution < 1.29 is 9.53 Å². The summed E-state index contributed by atoms with van der Waals surface area (Å²) < 4.78 is 5.92. The molecule has 0 heterocycles. The van der Waals surface area contributed by atoms with Crippen LogP contribution in [-0.4, -0.2) is 19.6 Å². The van der Waals surface area contributed by atoms with Gasteiger partial charge in [0.25, 0.3) is 0 Å². The molecule has 1 unspecified atom stereocenters. The van der Waals surface area contributed by atoms with Gasteiger partial charge in [-0.1, -0.05) is 6.92 Å². The van der Waals surface area contributed by atoms with Gasteiger partial charge in [-0.05, 0) is 46.6 Å². The number of methoxy groups -OCH3 is 1. The number of carbonyl (C=O) groups excluding carboxylic acids is 1. The van der Waals surface area contributed by atoms with E-state index in [4.69, 9.17) is 10.5 Å². The van der Waals surface area contributed by atoms with Gasteiger partial charge in [-0.25, -0.2) is 0 Å². The number of ether oxygens (including phenoxy) is 1. The summed E-state index contributed by atoms with van der Waals surface area (Å²) in [4.78, 5) is 11.6. The van der Waals surface area contributed by atoms with E-state index in [9.17, 15) is 4.79 Å². The van der Waals surface area contributed by atoms with Crippen molar-refractivity contribution in [2.45, 2.75) is 13.3 Å². The third kappa shape index (κ3) is 4.36. The van der Waals surface area contributed by atoms with E-state index in [0.29, 0.717) is 13.0 Å². The molecule has 0 bridgehead atoms. The van der Waals surface area contributed by atoms with Crippen molar-refractivity contribution in [3.8, 4) is 5.75 Å². The molecule has 1 aromatic rings. The van der Waals surface area contributed by atoms with Crippen molar-refractivity contribution in [3.05, 3.63) is 22.7 Å². The molecule has 1 amide bonds. The van der Waals surface area contributed by atoms with Gasteiger partial charge in [0.2, 0.25) is 5.91 Å². The molecule has 3 N–H and O–H groups in total. The maximum Gasteiger partial charge on any atom is 0.224 e. The van der Waals surface area contributed by atoms with Gasteiger partial charge < -0.3 is 15.8 Å². The van der Waals surface area contributed by atoms with Gasteiger partial charge in [0.1, 0.15) is 5.75 Å². The Bertz CT molecular complexity index is 396. The van der Waals surface area contributed by atoms with Gasteiger partial charge in [0.05, 0.1) is 11.6 Å². The standard InChI is InChI=1S/C12H17BrN2O2/c1-8(7-14)5-12(16)15-9-3-4-11(17-2)10(13)6-9/h3-4,6,8H,5,7,14H2,1-2H3,(H,15,16). The summed E-state index contributed by atoms with van der Waals surface area (Å²) in [5.74, 6) is 0.898. The van der Waals surface area contributed by atoms with Crippen LogP contribution in [0.5, 0.6) is 5.75 Å². The minimum Gasteiger partial charge on any atom is -0.496 e. The Morgan fingerprint density at radius 1 is 1.59 bits per heavy atom. The Balaban J connectivity index is 2.63. The molecule has 0 aromatic heterocycles. The summed E-state index contributed by atoms with van der Waals surface area (Å²) >= 11 is 3.37. The summed E-state index contributed by atoms with van der Waals surface area (Å²) in [5.41, 5.74) is 6.21. The molecule has 0 fully saturated rings. The van der Waals surface area contributed by atoms with Crippen LogP contribution in [0.3, 0.4) is 0 Å². The van der Waals surface area contributed by atoms with Crippen LogP contribution in [-0.2, 0) is 4.79 Å². The Morgan fingerprint density at radius 2 is 2.29 bits per heavy atom. The second-order valence-corrected chi connectivity index (χ2v) is 4.80. The molecule has 0 spiro atoms. The highest BCUT2D eigenvalue weighted by molar-refractivity contribution is 9.10. The molecule has 4 nitrogen and oxygen atoms in total. The molecule has 0 saturated heterocycles. The summed E-state index contributed by atoms with van der Waals surface area (Å²) in [5, 5.41) is 2.82. The van der Waals surface area contributed by atoms with Crippen molar-refractivity contribution in [2.24, 2.45) is 11.7 Å². The molecule has 0 aliphatic carbocycles. The number of carbonyl (C=O) groups is 1. The topological polar surface area (TPSA) is 64.3 Å². The lowest BCUT2D eigenvalue weighted by atomic mass is 10.1. The van der Waals surface area contributed by atoms with E-state index in [1.54, 1.807) is 19.2 Å². The van der Waals surface area contributed by atoms with Crippen LogP contribution in [0.2, 0.25) is 0 Å². The summed E-state index contributed by atoms with van der Waals surface area (Å²) in [6.07, 6.45) is 0.431. The van der Waals surface area contributed by atoms with Crippen molar-refractivity contribution in [1.82, 2.24) is 0 Å². The van der Waals surface area contributed by atoms with Gasteiger partial charge in [0.15, 0.2) is 0 Å². The van der Waals surface area contributed by atoms with E-state index in [1.165, 1.54) is 0 Å². The van der Waals surface area contributed by atoms with E-state index in [2.05, 4.69) is 21.2 Å². The molecule has 1 aromatic carbocycles. The lowest BCUT2D eigenvalue weighted by molar-refractivity contribution is -0.116. The molecule has 0 saturated carbocycles. The predicted octanol–water partition coefficient (Wildman–Crippen LogP) is 2.38. The minimum absolute atomic E-state index is 0.0278. The number of rotatable bonds is 5. The molecule has 1 atom stereocenters. The molecule has 17 heavy (non-hydrogen) atoms. The predicted molar refractivity (Wildman–Crippen MR) is 72.2 cm³/mol. The summed E-state index contributed by atoms with van der Waals surface area (Å²) in [6.45, 7) is 2.46. The quantitative estimate of drug-likeness (QED) is 0.877. The van der Waals surface area contributed by atoms with Crippen LogP contribution < -0.4 is 15.8 Å². The third-order valence-corrected chi connectivity index (χ3v) is 2.99. The molecule has 0 radical (unpaired) electrons. The Labute approximate surface area is 110 Å². The maximum absolute atomic E-state index is 11.6. The largest absolute Gasteiger partial charge is 0.496 e. The van der Waals surface area contributed by atoms with Crippen molar-refractivity contribution >= 4 is 27.5 Å². The number of halogens is 1. The lowest BCUT2D eigenvalue weighted by Gasteiger charge is -2.10. The molecule has 1 rings (SSSR count). The number of hydrogen-bond donors (Lipinski definition) is 2. The van der Waals surface area contributed by atoms with Gasteiger partial charge in [-0.3, -0.25) is 4.79 Å². The van der Waals surface area contributed by atoms with E-state index in [0.717, 1.165) is 15.9 Å². The van der Waals surface area contributed by atoms with Crippen molar-refractivity contribution in [1.29, 1.82) is 0 Å². The van der Waals surface area contributed by atoms with Gasteiger partial charge in [-0.2, -0.15) is 0 Å². The van der Waals surface area contributed by atoms with Crippen LogP contribution >= 0.6 is 15.9 Å². The molecule has 0 aliphatic heterocycles. The molecule has 94 valence electrons. The minimum atomic E-state index is -0.0278. The van der Waals surface area contributed by atoms with E-state index in [-0.39, 0.29) is 11.8 Å². The summed E-state index contributed by atoms with van der Waals surface area (Å²) in [6, 6.07) is 5.41. The van der Waals surface area contributed by atoms with Crippen LogP contribution in [0.15, 0.2) is 22.7 Å².